The zero-order valence-corrected chi connectivity index (χ0v) is 11.9. The molecule has 0 saturated carbocycles. The molecule has 0 atom stereocenters. The van der Waals surface area contributed by atoms with Crippen LogP contribution in [0.15, 0.2) is 34.1 Å². The van der Waals surface area contributed by atoms with Crippen LogP contribution in [0.5, 0.6) is 0 Å². The van der Waals surface area contributed by atoms with Gasteiger partial charge in [0.15, 0.2) is 0 Å². The highest BCUT2D eigenvalue weighted by Crippen LogP contribution is 2.28. The van der Waals surface area contributed by atoms with Crippen molar-refractivity contribution in [1.82, 2.24) is 0 Å². The molecule has 0 N–H and O–H groups in total. The Kier molecular flexibility index (Phi) is 3.79. The molecule has 0 radical (unpaired) electrons. The Bertz CT molecular complexity index is 641. The van der Waals surface area contributed by atoms with E-state index in [0.29, 0.717) is 4.88 Å². The van der Waals surface area contributed by atoms with Crippen molar-refractivity contribution in [3.63, 3.8) is 0 Å². The third kappa shape index (κ3) is 2.60. The Labute approximate surface area is 119 Å². The summed E-state index contributed by atoms with van der Waals surface area (Å²) < 4.78 is 0.837. The fraction of sp³-hybridized carbons (Fsp3) is 0. The van der Waals surface area contributed by atoms with Crippen LogP contribution in [-0.2, 0) is 0 Å². The van der Waals surface area contributed by atoms with Crippen LogP contribution in [0, 0.1) is 10.1 Å². The second kappa shape index (κ2) is 5.17. The van der Waals surface area contributed by atoms with Gasteiger partial charge in [0.2, 0.25) is 5.78 Å². The highest BCUT2D eigenvalue weighted by molar-refractivity contribution is 9.11. The number of carbonyl (C=O) groups excluding carboxylic acids is 1. The lowest BCUT2D eigenvalue weighted by molar-refractivity contribution is -0.384. The van der Waals surface area contributed by atoms with Gasteiger partial charge >= 0.3 is 0 Å². The van der Waals surface area contributed by atoms with Gasteiger partial charge in [0.1, 0.15) is 0 Å². The molecule has 0 unspecified atom stereocenters. The van der Waals surface area contributed by atoms with Crippen LogP contribution in [0.2, 0.25) is 5.02 Å². The lowest BCUT2D eigenvalue weighted by atomic mass is 10.1. The molecule has 1 aromatic heterocycles. The molecule has 0 aliphatic carbocycles. The van der Waals surface area contributed by atoms with Gasteiger partial charge in [-0.3, -0.25) is 14.9 Å². The zero-order valence-electron chi connectivity index (χ0n) is 8.72. The number of benzene rings is 1. The van der Waals surface area contributed by atoms with Gasteiger partial charge in [-0.25, -0.2) is 0 Å². The van der Waals surface area contributed by atoms with E-state index in [2.05, 4.69) is 15.9 Å². The summed E-state index contributed by atoms with van der Waals surface area (Å²) in [4.78, 5) is 22.6. The number of thiophene rings is 1. The number of hydrogen-bond donors (Lipinski definition) is 0. The molecule has 0 amide bonds. The maximum atomic E-state index is 12.1. The van der Waals surface area contributed by atoms with Crippen LogP contribution >= 0.6 is 38.9 Å². The fourth-order valence-corrected chi connectivity index (χ4v) is 2.97. The molecular formula is C11H5BrClNO3S. The van der Waals surface area contributed by atoms with Gasteiger partial charge in [-0.1, -0.05) is 11.6 Å². The number of nitrogens with zero attached hydrogens (tertiary/aromatic N) is 1. The molecular weight excluding hydrogens is 342 g/mol. The summed E-state index contributed by atoms with van der Waals surface area (Å²) in [6.45, 7) is 0. The summed E-state index contributed by atoms with van der Waals surface area (Å²) in [7, 11) is 0. The number of hydrogen-bond acceptors (Lipinski definition) is 4. The Morgan fingerprint density at radius 1 is 1.33 bits per heavy atom. The Morgan fingerprint density at radius 2 is 2.06 bits per heavy atom. The van der Waals surface area contributed by atoms with Crippen molar-refractivity contribution in [3.8, 4) is 0 Å². The molecule has 2 aromatic rings. The maximum absolute atomic E-state index is 12.1. The molecule has 0 aliphatic rings. The highest BCUT2D eigenvalue weighted by Gasteiger charge is 2.17. The second-order valence-electron chi connectivity index (χ2n) is 3.35. The summed E-state index contributed by atoms with van der Waals surface area (Å²) in [5.74, 6) is -0.245. The average Bonchev–Trinajstić information content (AvgIpc) is 2.74. The summed E-state index contributed by atoms with van der Waals surface area (Å²) in [6.07, 6.45) is 0. The number of halogens is 2. The van der Waals surface area contributed by atoms with E-state index in [-0.39, 0.29) is 22.1 Å². The minimum atomic E-state index is -0.554. The lowest BCUT2D eigenvalue weighted by Crippen LogP contribution is -2.00. The Balaban J connectivity index is 2.40. The van der Waals surface area contributed by atoms with E-state index >= 15 is 0 Å². The summed E-state index contributed by atoms with van der Waals surface area (Å²) in [5, 5.41) is 10.6. The summed E-state index contributed by atoms with van der Waals surface area (Å²) >= 11 is 10.4. The van der Waals surface area contributed by atoms with Gasteiger partial charge in [-0.15, -0.1) is 11.3 Å². The lowest BCUT2D eigenvalue weighted by Gasteiger charge is -2.01. The number of nitro benzene ring substituents is 1. The van der Waals surface area contributed by atoms with Crippen molar-refractivity contribution < 1.29 is 9.72 Å². The van der Waals surface area contributed by atoms with Crippen LogP contribution in [-0.4, -0.2) is 10.7 Å². The van der Waals surface area contributed by atoms with Crippen LogP contribution in [0.3, 0.4) is 0 Å². The van der Waals surface area contributed by atoms with Crippen LogP contribution in [0.25, 0.3) is 0 Å². The predicted octanol–water partition coefficient (Wildman–Crippen LogP) is 4.30. The van der Waals surface area contributed by atoms with E-state index < -0.39 is 4.92 Å². The molecule has 7 heteroatoms. The smallest absolute Gasteiger partial charge is 0.270 e. The maximum Gasteiger partial charge on any atom is 0.270 e. The van der Waals surface area contributed by atoms with Crippen LogP contribution in [0.1, 0.15) is 15.2 Å². The largest absolute Gasteiger partial charge is 0.288 e. The van der Waals surface area contributed by atoms with Crippen molar-refractivity contribution in [3.05, 3.63) is 59.7 Å². The molecule has 2 rings (SSSR count). The van der Waals surface area contributed by atoms with E-state index in [4.69, 9.17) is 11.6 Å². The van der Waals surface area contributed by atoms with Crippen molar-refractivity contribution in [2.75, 3.05) is 0 Å². The first kappa shape index (κ1) is 13.2. The first-order chi connectivity index (χ1) is 8.49. The molecule has 1 heterocycles. The molecule has 0 aliphatic heterocycles. The van der Waals surface area contributed by atoms with Gasteiger partial charge in [-0.2, -0.15) is 0 Å². The molecule has 92 valence electrons. The van der Waals surface area contributed by atoms with Crippen molar-refractivity contribution >= 4 is 50.3 Å². The fourth-order valence-electron chi connectivity index (χ4n) is 1.37. The SMILES string of the molecule is O=C(c1ccc(Br)s1)c1ccc([N+](=O)[O-])cc1Cl. The third-order valence-electron chi connectivity index (χ3n) is 2.21. The van der Waals surface area contributed by atoms with E-state index in [1.165, 1.54) is 29.5 Å². The Morgan fingerprint density at radius 3 is 2.56 bits per heavy atom. The first-order valence-corrected chi connectivity index (χ1v) is 6.72. The standard InChI is InChI=1S/C11H5BrClNO3S/c12-10-4-3-9(18-10)11(15)7-2-1-6(14(16)17)5-8(7)13/h1-5H. The first-order valence-electron chi connectivity index (χ1n) is 4.73. The van der Waals surface area contributed by atoms with Crippen molar-refractivity contribution in [1.29, 1.82) is 0 Å². The average molecular weight is 347 g/mol. The van der Waals surface area contributed by atoms with Gasteiger partial charge in [-0.05, 0) is 34.1 Å². The molecule has 18 heavy (non-hydrogen) atoms. The normalized spacial score (nSPS) is 10.3. The molecule has 0 bridgehead atoms. The van der Waals surface area contributed by atoms with Crippen LogP contribution in [0.4, 0.5) is 5.69 Å². The van der Waals surface area contributed by atoms with Crippen molar-refractivity contribution in [2.45, 2.75) is 0 Å². The highest BCUT2D eigenvalue weighted by atomic mass is 79.9. The molecule has 0 fully saturated rings. The Hall–Kier alpha value is -1.24. The number of carbonyl (C=O) groups is 1. The van der Waals surface area contributed by atoms with Gasteiger partial charge < -0.3 is 0 Å². The third-order valence-corrected chi connectivity index (χ3v) is 4.14. The number of ketones is 1. The minimum Gasteiger partial charge on any atom is -0.288 e. The molecule has 0 saturated heterocycles. The van der Waals surface area contributed by atoms with E-state index in [1.807, 2.05) is 0 Å². The monoisotopic (exact) mass is 345 g/mol. The van der Waals surface area contributed by atoms with E-state index in [0.717, 1.165) is 3.79 Å². The zero-order chi connectivity index (χ0) is 13.3. The van der Waals surface area contributed by atoms with Crippen molar-refractivity contribution in [2.24, 2.45) is 0 Å². The quantitative estimate of drug-likeness (QED) is 0.473. The number of rotatable bonds is 3. The van der Waals surface area contributed by atoms with Gasteiger partial charge in [0.05, 0.1) is 18.6 Å². The minimum absolute atomic E-state index is 0.0822. The second-order valence-corrected chi connectivity index (χ2v) is 6.22. The molecule has 1 aromatic carbocycles. The number of non-ortho nitro benzene ring substituents is 1. The van der Waals surface area contributed by atoms with E-state index in [1.54, 1.807) is 12.1 Å². The predicted molar refractivity (Wildman–Crippen MR) is 73.6 cm³/mol. The molecule has 4 nitrogen and oxygen atoms in total. The molecule has 0 spiro atoms. The summed E-state index contributed by atoms with van der Waals surface area (Å²) in [5.41, 5.74) is 0.125. The topological polar surface area (TPSA) is 60.2 Å². The van der Waals surface area contributed by atoms with Crippen LogP contribution < -0.4 is 0 Å². The van der Waals surface area contributed by atoms with E-state index in [9.17, 15) is 14.9 Å². The summed E-state index contributed by atoms with van der Waals surface area (Å²) in [6, 6.07) is 7.25. The van der Waals surface area contributed by atoms with Gasteiger partial charge in [0.25, 0.3) is 5.69 Å². The van der Waals surface area contributed by atoms with Gasteiger partial charge in [0, 0.05) is 17.7 Å². The number of nitro groups is 1.